The van der Waals surface area contributed by atoms with E-state index in [-0.39, 0.29) is 0 Å². The molecule has 1 heterocycles. The molecule has 1 aliphatic rings. The molecule has 1 atom stereocenters. The predicted molar refractivity (Wildman–Crippen MR) is 34.5 cm³/mol. The van der Waals surface area contributed by atoms with Gasteiger partial charge in [-0.25, -0.2) is 5.01 Å². The van der Waals surface area contributed by atoms with Gasteiger partial charge in [0.15, 0.2) is 0 Å². The van der Waals surface area contributed by atoms with Crippen LogP contribution in [0, 0.1) is 0 Å². The summed E-state index contributed by atoms with van der Waals surface area (Å²) in [4.78, 5) is 0. The fourth-order valence-electron chi connectivity index (χ4n) is 1.15. The fourth-order valence-corrected chi connectivity index (χ4v) is 1.15. The van der Waals surface area contributed by atoms with Gasteiger partial charge in [-0.05, 0) is 13.3 Å². The topological polar surface area (TPSA) is 15.3 Å². The van der Waals surface area contributed by atoms with Crippen molar-refractivity contribution in [2.45, 2.75) is 26.3 Å². The highest BCUT2D eigenvalue weighted by Crippen LogP contribution is 2.05. The van der Waals surface area contributed by atoms with Gasteiger partial charge in [0, 0.05) is 19.1 Å². The highest BCUT2D eigenvalue weighted by molar-refractivity contribution is 4.69. The molecule has 0 bridgehead atoms. The molecule has 2 nitrogen and oxygen atoms in total. The Bertz CT molecular complexity index is 72.9. The Hall–Kier alpha value is -0.0800. The maximum Gasteiger partial charge on any atom is 0.0227 e. The van der Waals surface area contributed by atoms with Gasteiger partial charge < -0.3 is 0 Å². The van der Waals surface area contributed by atoms with Crippen LogP contribution in [0.2, 0.25) is 0 Å². The fraction of sp³-hybridized carbons (Fsp3) is 1.00. The zero-order valence-corrected chi connectivity index (χ0v) is 5.65. The number of hydrogen-bond donors (Lipinski definition) is 1. The van der Waals surface area contributed by atoms with Gasteiger partial charge in [0.05, 0.1) is 0 Å². The second kappa shape index (κ2) is 2.46. The molecule has 1 unspecified atom stereocenters. The number of hydrazine groups is 1. The first kappa shape index (κ1) is 6.05. The second-order valence-electron chi connectivity index (χ2n) is 2.33. The van der Waals surface area contributed by atoms with E-state index in [9.17, 15) is 0 Å². The number of rotatable bonds is 1. The van der Waals surface area contributed by atoms with Gasteiger partial charge in [-0.3, -0.25) is 5.43 Å². The van der Waals surface area contributed by atoms with Crippen molar-refractivity contribution in [2.24, 2.45) is 0 Å². The van der Waals surface area contributed by atoms with Crippen molar-refractivity contribution in [3.8, 4) is 0 Å². The quantitative estimate of drug-likeness (QED) is 0.537. The van der Waals surface area contributed by atoms with Crippen molar-refractivity contribution >= 4 is 0 Å². The third-order valence-electron chi connectivity index (χ3n) is 1.75. The summed E-state index contributed by atoms with van der Waals surface area (Å²) in [6.07, 6.45) is 1.30. The van der Waals surface area contributed by atoms with Crippen LogP contribution in [0.15, 0.2) is 0 Å². The van der Waals surface area contributed by atoms with Gasteiger partial charge >= 0.3 is 0 Å². The lowest BCUT2D eigenvalue weighted by Gasteiger charge is -2.17. The van der Waals surface area contributed by atoms with E-state index >= 15 is 0 Å². The van der Waals surface area contributed by atoms with E-state index in [1.165, 1.54) is 6.42 Å². The average molecular weight is 114 g/mol. The maximum absolute atomic E-state index is 3.29. The smallest absolute Gasteiger partial charge is 0.0227 e. The van der Waals surface area contributed by atoms with Gasteiger partial charge in [-0.15, -0.1) is 0 Å². The minimum absolute atomic E-state index is 0.750. The summed E-state index contributed by atoms with van der Waals surface area (Å²) in [6, 6.07) is 0.750. The molecule has 0 aromatic rings. The Balaban J connectivity index is 2.30. The molecule has 0 aromatic carbocycles. The Morgan fingerprint density at radius 3 is 2.75 bits per heavy atom. The highest BCUT2D eigenvalue weighted by Gasteiger charge is 2.16. The molecule has 0 aromatic heterocycles. The van der Waals surface area contributed by atoms with Crippen molar-refractivity contribution in [1.29, 1.82) is 0 Å². The molecule has 0 saturated carbocycles. The van der Waals surface area contributed by atoms with E-state index < -0.39 is 0 Å². The summed E-state index contributed by atoms with van der Waals surface area (Å²) >= 11 is 0. The Morgan fingerprint density at radius 2 is 2.50 bits per heavy atom. The van der Waals surface area contributed by atoms with E-state index in [0.29, 0.717) is 0 Å². The molecule has 1 aliphatic heterocycles. The number of hydrogen-bond acceptors (Lipinski definition) is 2. The Labute approximate surface area is 50.8 Å². The van der Waals surface area contributed by atoms with Crippen LogP contribution in [0.25, 0.3) is 0 Å². The van der Waals surface area contributed by atoms with E-state index in [0.717, 1.165) is 19.1 Å². The summed E-state index contributed by atoms with van der Waals surface area (Å²) in [5, 5.41) is 2.28. The van der Waals surface area contributed by atoms with E-state index in [2.05, 4.69) is 24.3 Å². The molecular weight excluding hydrogens is 100 g/mol. The lowest BCUT2D eigenvalue weighted by atomic mass is 10.3. The molecule has 1 saturated heterocycles. The first-order chi connectivity index (χ1) is 3.84. The minimum atomic E-state index is 0.750. The average Bonchev–Trinajstić information content (AvgIpc) is 2.14. The maximum atomic E-state index is 3.29. The molecule has 0 amide bonds. The van der Waals surface area contributed by atoms with Gasteiger partial charge in [0.2, 0.25) is 0 Å². The summed E-state index contributed by atoms with van der Waals surface area (Å²) in [5.41, 5.74) is 3.29. The standard InChI is InChI=1S/C6H14N2/c1-3-8-6(2)4-5-7-8/h6-7H,3-5H2,1-2H3. The summed E-state index contributed by atoms with van der Waals surface area (Å²) in [5.74, 6) is 0. The van der Waals surface area contributed by atoms with E-state index in [1.54, 1.807) is 0 Å². The summed E-state index contributed by atoms with van der Waals surface area (Å²) in [7, 11) is 0. The summed E-state index contributed by atoms with van der Waals surface area (Å²) < 4.78 is 0. The van der Waals surface area contributed by atoms with Crippen LogP contribution in [0.4, 0.5) is 0 Å². The first-order valence-electron chi connectivity index (χ1n) is 3.34. The van der Waals surface area contributed by atoms with Gasteiger partial charge in [0.25, 0.3) is 0 Å². The van der Waals surface area contributed by atoms with Crippen molar-refractivity contribution in [1.82, 2.24) is 10.4 Å². The molecule has 0 radical (unpaired) electrons. The second-order valence-corrected chi connectivity index (χ2v) is 2.33. The van der Waals surface area contributed by atoms with Gasteiger partial charge in [-0.2, -0.15) is 0 Å². The monoisotopic (exact) mass is 114 g/mol. The van der Waals surface area contributed by atoms with Gasteiger partial charge in [-0.1, -0.05) is 6.92 Å². The van der Waals surface area contributed by atoms with Crippen molar-refractivity contribution < 1.29 is 0 Å². The molecule has 0 aliphatic carbocycles. The zero-order chi connectivity index (χ0) is 5.98. The van der Waals surface area contributed by atoms with E-state index in [4.69, 9.17) is 0 Å². The van der Waals surface area contributed by atoms with Crippen LogP contribution in [0.1, 0.15) is 20.3 Å². The summed E-state index contributed by atoms with van der Waals surface area (Å²) in [6.45, 7) is 6.72. The van der Waals surface area contributed by atoms with Crippen LogP contribution < -0.4 is 5.43 Å². The molecule has 2 heteroatoms. The van der Waals surface area contributed by atoms with Crippen molar-refractivity contribution in [2.75, 3.05) is 13.1 Å². The number of nitrogens with zero attached hydrogens (tertiary/aromatic N) is 1. The molecule has 1 N–H and O–H groups in total. The van der Waals surface area contributed by atoms with Crippen LogP contribution >= 0.6 is 0 Å². The SMILES string of the molecule is CCN1NCCC1C. The third kappa shape index (κ3) is 1.01. The first-order valence-corrected chi connectivity index (χ1v) is 3.34. The zero-order valence-electron chi connectivity index (χ0n) is 5.65. The van der Waals surface area contributed by atoms with Crippen molar-refractivity contribution in [3.05, 3.63) is 0 Å². The number of nitrogens with one attached hydrogen (secondary N) is 1. The Kier molecular flexibility index (Phi) is 1.86. The normalized spacial score (nSPS) is 31.5. The molecule has 48 valence electrons. The molecule has 8 heavy (non-hydrogen) atoms. The minimum Gasteiger partial charge on any atom is -0.255 e. The molecule has 0 spiro atoms. The lowest BCUT2D eigenvalue weighted by Crippen LogP contribution is -2.35. The van der Waals surface area contributed by atoms with E-state index in [1.807, 2.05) is 0 Å². The lowest BCUT2D eigenvalue weighted by molar-refractivity contribution is 0.210. The largest absolute Gasteiger partial charge is 0.255 e. The molecular formula is C6H14N2. The van der Waals surface area contributed by atoms with Crippen molar-refractivity contribution in [3.63, 3.8) is 0 Å². The van der Waals surface area contributed by atoms with Crippen LogP contribution in [0.3, 0.4) is 0 Å². The molecule has 1 rings (SSSR count). The van der Waals surface area contributed by atoms with Crippen LogP contribution in [0.5, 0.6) is 0 Å². The highest BCUT2D eigenvalue weighted by atomic mass is 15.5. The third-order valence-corrected chi connectivity index (χ3v) is 1.75. The van der Waals surface area contributed by atoms with Crippen LogP contribution in [-0.2, 0) is 0 Å². The van der Waals surface area contributed by atoms with Crippen LogP contribution in [-0.4, -0.2) is 24.1 Å². The molecule has 1 fully saturated rings. The Morgan fingerprint density at radius 1 is 1.75 bits per heavy atom. The van der Waals surface area contributed by atoms with Gasteiger partial charge in [0.1, 0.15) is 0 Å². The predicted octanol–water partition coefficient (Wildman–Crippen LogP) is 0.605.